The summed E-state index contributed by atoms with van der Waals surface area (Å²) in [5.41, 5.74) is 3.45. The van der Waals surface area contributed by atoms with E-state index in [9.17, 15) is 9.59 Å². The first-order valence-corrected chi connectivity index (χ1v) is 13.6. The molecule has 1 N–H and O–H groups in total. The Kier molecular flexibility index (Phi) is 7.93. The molecule has 3 aromatic rings. The third kappa shape index (κ3) is 5.94. The Bertz CT molecular complexity index is 1170. The van der Waals surface area contributed by atoms with Crippen LogP contribution in [0.4, 0.5) is 11.4 Å². The fourth-order valence-corrected chi connectivity index (χ4v) is 5.83. The van der Waals surface area contributed by atoms with Crippen LogP contribution in [0.5, 0.6) is 0 Å². The van der Waals surface area contributed by atoms with E-state index in [1.54, 1.807) is 11.3 Å². The number of piperidine rings is 1. The number of nitrogens with zero attached hydrogens (tertiary/aromatic N) is 3. The lowest BCUT2D eigenvalue weighted by Gasteiger charge is -2.31. The van der Waals surface area contributed by atoms with Crippen molar-refractivity contribution >= 4 is 34.5 Å². The van der Waals surface area contributed by atoms with Gasteiger partial charge in [0, 0.05) is 43.9 Å². The standard InChI is InChI=1S/C28H32N4O3S/c33-26(11-10-21-6-2-1-3-7-21)32-14-12-22(13-15-32)28-30-24(20-36-28)27(34)29-23-8-4-5-9-25(23)31-16-18-35-19-17-31/h1-9,20,22H,10-19H2,(H,29,34). The highest BCUT2D eigenvalue weighted by Crippen LogP contribution is 2.31. The van der Waals surface area contributed by atoms with E-state index in [4.69, 9.17) is 4.74 Å². The van der Waals surface area contributed by atoms with E-state index in [1.165, 1.54) is 5.56 Å². The van der Waals surface area contributed by atoms with Gasteiger partial charge in [0.05, 0.1) is 29.6 Å². The Hall–Kier alpha value is -3.23. The molecule has 0 radical (unpaired) electrons. The normalized spacial score (nSPS) is 16.7. The smallest absolute Gasteiger partial charge is 0.275 e. The van der Waals surface area contributed by atoms with E-state index in [-0.39, 0.29) is 17.7 Å². The molecule has 0 unspecified atom stereocenters. The van der Waals surface area contributed by atoms with E-state index >= 15 is 0 Å². The number of morpholine rings is 1. The zero-order valence-electron chi connectivity index (χ0n) is 20.4. The van der Waals surface area contributed by atoms with E-state index in [2.05, 4.69) is 27.3 Å². The average Bonchev–Trinajstić information content (AvgIpc) is 3.44. The number of anilines is 2. The number of rotatable bonds is 7. The van der Waals surface area contributed by atoms with Gasteiger partial charge in [-0.1, -0.05) is 42.5 Å². The molecular weight excluding hydrogens is 472 g/mol. The number of likely N-dealkylation sites (tertiary alicyclic amines) is 1. The number of aromatic nitrogens is 1. The molecule has 2 fully saturated rings. The zero-order chi connectivity index (χ0) is 24.7. The predicted octanol–water partition coefficient (Wildman–Crippen LogP) is 4.57. The summed E-state index contributed by atoms with van der Waals surface area (Å²) in [5.74, 6) is 0.317. The van der Waals surface area contributed by atoms with Gasteiger partial charge in [-0.15, -0.1) is 11.3 Å². The van der Waals surface area contributed by atoms with Crippen molar-refractivity contribution in [2.75, 3.05) is 49.6 Å². The largest absolute Gasteiger partial charge is 0.378 e. The van der Waals surface area contributed by atoms with Crippen molar-refractivity contribution in [3.05, 3.63) is 76.2 Å². The van der Waals surface area contributed by atoms with Gasteiger partial charge < -0.3 is 19.9 Å². The first kappa shape index (κ1) is 24.5. The molecule has 2 saturated heterocycles. The molecule has 0 aliphatic carbocycles. The maximum atomic E-state index is 13.0. The molecule has 5 rings (SSSR count). The quantitative estimate of drug-likeness (QED) is 0.510. The van der Waals surface area contributed by atoms with Crippen molar-refractivity contribution in [2.24, 2.45) is 0 Å². The number of carbonyl (C=O) groups excluding carboxylic acids is 2. The van der Waals surface area contributed by atoms with E-state index < -0.39 is 0 Å². The summed E-state index contributed by atoms with van der Waals surface area (Å²) in [6, 6.07) is 18.0. The van der Waals surface area contributed by atoms with Crippen LogP contribution in [0.15, 0.2) is 60.0 Å². The van der Waals surface area contributed by atoms with Gasteiger partial charge in [0.15, 0.2) is 0 Å². The lowest BCUT2D eigenvalue weighted by Crippen LogP contribution is -2.38. The predicted molar refractivity (Wildman–Crippen MR) is 143 cm³/mol. The van der Waals surface area contributed by atoms with E-state index in [0.717, 1.165) is 61.8 Å². The number of carbonyl (C=O) groups is 2. The number of ether oxygens (including phenoxy) is 1. The maximum absolute atomic E-state index is 13.0. The highest BCUT2D eigenvalue weighted by molar-refractivity contribution is 7.10. The van der Waals surface area contributed by atoms with Crippen molar-refractivity contribution < 1.29 is 14.3 Å². The molecule has 2 amide bonds. The van der Waals surface area contributed by atoms with Crippen LogP contribution in [0.3, 0.4) is 0 Å². The second kappa shape index (κ2) is 11.7. The monoisotopic (exact) mass is 504 g/mol. The maximum Gasteiger partial charge on any atom is 0.275 e. The van der Waals surface area contributed by atoms with Gasteiger partial charge in [-0.3, -0.25) is 9.59 Å². The summed E-state index contributed by atoms with van der Waals surface area (Å²) in [5, 5.41) is 5.89. The second-order valence-electron chi connectivity index (χ2n) is 9.28. The Morgan fingerprint density at radius 3 is 2.47 bits per heavy atom. The number of para-hydroxylation sites is 2. The number of hydrogen-bond acceptors (Lipinski definition) is 6. The summed E-state index contributed by atoms with van der Waals surface area (Å²) in [6.45, 7) is 4.48. The zero-order valence-corrected chi connectivity index (χ0v) is 21.2. The van der Waals surface area contributed by atoms with Crippen LogP contribution in [-0.4, -0.2) is 61.1 Å². The molecule has 2 aromatic carbocycles. The Labute approximate surface area is 216 Å². The van der Waals surface area contributed by atoms with Crippen LogP contribution >= 0.6 is 11.3 Å². The highest BCUT2D eigenvalue weighted by atomic mass is 32.1. The molecule has 36 heavy (non-hydrogen) atoms. The van der Waals surface area contributed by atoms with Gasteiger partial charge in [-0.2, -0.15) is 0 Å². The first-order valence-electron chi connectivity index (χ1n) is 12.7. The third-order valence-corrected chi connectivity index (χ3v) is 7.93. The molecule has 3 heterocycles. The second-order valence-corrected chi connectivity index (χ2v) is 10.2. The molecule has 188 valence electrons. The molecule has 0 spiro atoms. The van der Waals surface area contributed by atoms with Crippen molar-refractivity contribution in [3.8, 4) is 0 Å². The van der Waals surface area contributed by atoms with Crippen molar-refractivity contribution in [1.29, 1.82) is 0 Å². The van der Waals surface area contributed by atoms with Crippen LogP contribution in [0, 0.1) is 0 Å². The van der Waals surface area contributed by atoms with Crippen LogP contribution in [0.2, 0.25) is 0 Å². The number of benzene rings is 2. The summed E-state index contributed by atoms with van der Waals surface area (Å²) in [6.07, 6.45) is 3.08. The fourth-order valence-electron chi connectivity index (χ4n) is 4.86. The topological polar surface area (TPSA) is 74.8 Å². The molecule has 2 aliphatic heterocycles. The molecule has 0 saturated carbocycles. The van der Waals surface area contributed by atoms with Gasteiger partial charge in [-0.25, -0.2) is 4.98 Å². The number of amides is 2. The SMILES string of the molecule is O=C(Nc1ccccc1N1CCOCC1)c1csc(C2CCN(C(=O)CCc3ccccc3)CC2)n1. The van der Waals surface area contributed by atoms with Crippen molar-refractivity contribution in [2.45, 2.75) is 31.6 Å². The Morgan fingerprint density at radius 2 is 1.69 bits per heavy atom. The van der Waals surface area contributed by atoms with Crippen LogP contribution in [-0.2, 0) is 16.0 Å². The van der Waals surface area contributed by atoms with E-state index in [1.807, 2.05) is 52.7 Å². The molecule has 2 aliphatic rings. The van der Waals surface area contributed by atoms with Crippen LogP contribution in [0.25, 0.3) is 0 Å². The lowest BCUT2D eigenvalue weighted by atomic mass is 9.97. The summed E-state index contributed by atoms with van der Waals surface area (Å²) >= 11 is 1.54. The third-order valence-electron chi connectivity index (χ3n) is 6.93. The fraction of sp³-hybridized carbons (Fsp3) is 0.393. The molecule has 1 aromatic heterocycles. The number of hydrogen-bond donors (Lipinski definition) is 1. The van der Waals surface area contributed by atoms with Crippen LogP contribution in [0.1, 0.15) is 46.2 Å². The minimum absolute atomic E-state index is 0.188. The van der Waals surface area contributed by atoms with Crippen molar-refractivity contribution in [3.63, 3.8) is 0 Å². The van der Waals surface area contributed by atoms with E-state index in [0.29, 0.717) is 25.3 Å². The van der Waals surface area contributed by atoms with Gasteiger partial charge >= 0.3 is 0 Å². The highest BCUT2D eigenvalue weighted by Gasteiger charge is 2.26. The average molecular weight is 505 g/mol. The number of thiazole rings is 1. The molecule has 0 bridgehead atoms. The van der Waals surface area contributed by atoms with Gasteiger partial charge in [0.25, 0.3) is 5.91 Å². The molecular formula is C28H32N4O3S. The molecule has 7 nitrogen and oxygen atoms in total. The minimum atomic E-state index is -0.188. The summed E-state index contributed by atoms with van der Waals surface area (Å²) in [4.78, 5) is 34.6. The Morgan fingerprint density at radius 1 is 0.972 bits per heavy atom. The van der Waals surface area contributed by atoms with Gasteiger partial charge in [0.1, 0.15) is 5.69 Å². The van der Waals surface area contributed by atoms with Crippen LogP contribution < -0.4 is 10.2 Å². The van der Waals surface area contributed by atoms with Crippen molar-refractivity contribution in [1.82, 2.24) is 9.88 Å². The lowest BCUT2D eigenvalue weighted by molar-refractivity contribution is -0.132. The summed E-state index contributed by atoms with van der Waals surface area (Å²) in [7, 11) is 0. The Balaban J connectivity index is 1.14. The molecule has 8 heteroatoms. The first-order chi connectivity index (χ1) is 17.7. The number of aryl methyl sites for hydroxylation is 1. The molecule has 0 atom stereocenters. The number of nitrogens with one attached hydrogen (secondary N) is 1. The van der Waals surface area contributed by atoms with Gasteiger partial charge in [-0.05, 0) is 37.0 Å². The minimum Gasteiger partial charge on any atom is -0.378 e. The summed E-state index contributed by atoms with van der Waals surface area (Å²) < 4.78 is 5.46. The van der Waals surface area contributed by atoms with Gasteiger partial charge in [0.2, 0.25) is 5.91 Å².